The van der Waals surface area contributed by atoms with Gasteiger partial charge in [0.05, 0.1) is 5.70 Å². The summed E-state index contributed by atoms with van der Waals surface area (Å²) in [5, 5.41) is 0.170. The Bertz CT molecular complexity index is 648. The van der Waals surface area contributed by atoms with E-state index in [1.807, 2.05) is 60.7 Å². The molecule has 0 atom stereocenters. The molecule has 106 valence electrons. The second-order valence-electron chi connectivity index (χ2n) is 4.43. The highest BCUT2D eigenvalue weighted by molar-refractivity contribution is 7.80. The molecule has 0 saturated heterocycles. The van der Waals surface area contributed by atoms with Gasteiger partial charge in [0.25, 0.3) is 0 Å². The molecule has 0 unspecified atom stereocenters. The molecule has 3 nitrogen and oxygen atoms in total. The third-order valence-corrected chi connectivity index (χ3v) is 2.96. The fourth-order valence-corrected chi connectivity index (χ4v) is 1.93. The van der Waals surface area contributed by atoms with Crippen LogP contribution in [0.2, 0.25) is 0 Å². The molecule has 0 bridgehead atoms. The topological polar surface area (TPSA) is 50.1 Å². The third-order valence-electron chi connectivity index (χ3n) is 2.86. The number of thiocarbonyl (C=S) groups is 1. The van der Waals surface area contributed by atoms with Gasteiger partial charge in [-0.25, -0.2) is 0 Å². The molecule has 0 aliphatic carbocycles. The lowest BCUT2D eigenvalue weighted by Crippen LogP contribution is -2.40. The van der Waals surface area contributed by atoms with E-state index in [4.69, 9.17) is 18.0 Å². The lowest BCUT2D eigenvalue weighted by molar-refractivity contribution is 0.797. The summed E-state index contributed by atoms with van der Waals surface area (Å²) in [7, 11) is 0. The molecule has 0 aromatic heterocycles. The summed E-state index contributed by atoms with van der Waals surface area (Å²) in [4.78, 5) is 0. The summed E-state index contributed by atoms with van der Waals surface area (Å²) in [6, 6.07) is 20.1. The van der Waals surface area contributed by atoms with Crippen LogP contribution in [0.25, 0.3) is 11.6 Å². The van der Waals surface area contributed by atoms with E-state index in [2.05, 4.69) is 23.5 Å². The van der Waals surface area contributed by atoms with Gasteiger partial charge in [0.1, 0.15) is 0 Å². The van der Waals surface area contributed by atoms with Crippen molar-refractivity contribution in [1.29, 1.82) is 0 Å². The van der Waals surface area contributed by atoms with Crippen LogP contribution in [0.15, 0.2) is 72.9 Å². The average molecular weight is 295 g/mol. The van der Waals surface area contributed by atoms with Crippen molar-refractivity contribution in [2.45, 2.75) is 0 Å². The van der Waals surface area contributed by atoms with Crippen LogP contribution in [0.5, 0.6) is 0 Å². The quantitative estimate of drug-likeness (QED) is 0.343. The first-order valence-electron chi connectivity index (χ1n) is 6.50. The molecule has 0 aliphatic heterocycles. The minimum Gasteiger partial charge on any atom is -0.375 e. The van der Waals surface area contributed by atoms with E-state index in [-0.39, 0.29) is 5.11 Å². The van der Waals surface area contributed by atoms with Crippen molar-refractivity contribution in [3.63, 3.8) is 0 Å². The van der Waals surface area contributed by atoms with E-state index >= 15 is 0 Å². The van der Waals surface area contributed by atoms with Crippen LogP contribution >= 0.6 is 12.2 Å². The first-order valence-corrected chi connectivity index (χ1v) is 6.90. The largest absolute Gasteiger partial charge is 0.375 e. The van der Waals surface area contributed by atoms with Crippen LogP contribution in [0.3, 0.4) is 0 Å². The summed E-state index contributed by atoms with van der Waals surface area (Å²) >= 11 is 4.79. The maximum Gasteiger partial charge on any atom is 0.182 e. The van der Waals surface area contributed by atoms with Gasteiger partial charge < -0.3 is 5.73 Å². The van der Waals surface area contributed by atoms with Gasteiger partial charge in [-0.15, -0.1) is 0 Å². The van der Waals surface area contributed by atoms with E-state index in [1.165, 1.54) is 0 Å². The van der Waals surface area contributed by atoms with Gasteiger partial charge in [0.15, 0.2) is 5.11 Å². The minimum atomic E-state index is 0.170. The maximum atomic E-state index is 5.43. The van der Waals surface area contributed by atoms with Crippen molar-refractivity contribution >= 4 is 29.0 Å². The summed E-state index contributed by atoms with van der Waals surface area (Å²) in [6.07, 6.45) is 2.06. The second kappa shape index (κ2) is 7.26. The number of nitrogens with one attached hydrogen (secondary N) is 2. The molecular formula is C17H17N3S. The highest BCUT2D eigenvalue weighted by atomic mass is 32.1. The maximum absolute atomic E-state index is 5.43. The average Bonchev–Trinajstić information content (AvgIpc) is 2.52. The molecule has 4 heteroatoms. The first-order chi connectivity index (χ1) is 10.2. The lowest BCUT2D eigenvalue weighted by Gasteiger charge is -2.15. The van der Waals surface area contributed by atoms with Crippen molar-refractivity contribution in [2.24, 2.45) is 5.73 Å². The zero-order valence-corrected chi connectivity index (χ0v) is 12.4. The molecule has 0 heterocycles. The Morgan fingerprint density at radius 1 is 0.952 bits per heavy atom. The Morgan fingerprint density at radius 2 is 1.52 bits per heavy atom. The minimum absolute atomic E-state index is 0.170. The Morgan fingerprint density at radius 3 is 2.10 bits per heavy atom. The van der Waals surface area contributed by atoms with E-state index < -0.39 is 0 Å². The third kappa shape index (κ3) is 4.47. The van der Waals surface area contributed by atoms with E-state index in [0.717, 1.165) is 16.7 Å². The van der Waals surface area contributed by atoms with Crippen molar-refractivity contribution in [1.82, 2.24) is 10.9 Å². The predicted molar refractivity (Wildman–Crippen MR) is 93.0 cm³/mol. The zero-order chi connectivity index (χ0) is 15.1. The number of nitrogens with two attached hydrogens (primary N) is 1. The molecule has 0 fully saturated rings. The SMILES string of the molecule is C=C(NNC(N)=S)C(=Cc1ccccc1)c1ccccc1. The van der Waals surface area contributed by atoms with Gasteiger partial charge >= 0.3 is 0 Å². The van der Waals surface area contributed by atoms with Crippen LogP contribution < -0.4 is 16.6 Å². The molecule has 21 heavy (non-hydrogen) atoms. The molecule has 2 rings (SSSR count). The number of benzene rings is 2. The van der Waals surface area contributed by atoms with Gasteiger partial charge in [0, 0.05) is 5.57 Å². The Labute approximate surface area is 130 Å². The van der Waals surface area contributed by atoms with Crippen molar-refractivity contribution in [3.8, 4) is 0 Å². The smallest absolute Gasteiger partial charge is 0.182 e. The van der Waals surface area contributed by atoms with Gasteiger partial charge in [-0.3, -0.25) is 10.9 Å². The number of hydrazine groups is 1. The number of allylic oxidation sites excluding steroid dienone is 1. The van der Waals surface area contributed by atoms with Crippen molar-refractivity contribution in [2.75, 3.05) is 0 Å². The lowest BCUT2D eigenvalue weighted by atomic mass is 10.0. The van der Waals surface area contributed by atoms with Crippen LogP contribution in [0.1, 0.15) is 11.1 Å². The van der Waals surface area contributed by atoms with Crippen LogP contribution in [0.4, 0.5) is 0 Å². The monoisotopic (exact) mass is 295 g/mol. The van der Waals surface area contributed by atoms with Gasteiger partial charge in [0.2, 0.25) is 0 Å². The fourth-order valence-electron chi connectivity index (χ4n) is 1.88. The van der Waals surface area contributed by atoms with Crippen LogP contribution in [0, 0.1) is 0 Å². The normalized spacial score (nSPS) is 10.8. The summed E-state index contributed by atoms with van der Waals surface area (Å²) in [5.41, 5.74) is 14.9. The summed E-state index contributed by atoms with van der Waals surface area (Å²) in [6.45, 7) is 4.04. The molecule has 2 aromatic rings. The molecule has 0 aliphatic rings. The van der Waals surface area contributed by atoms with E-state index in [0.29, 0.717) is 5.70 Å². The van der Waals surface area contributed by atoms with Crippen LogP contribution in [-0.2, 0) is 0 Å². The van der Waals surface area contributed by atoms with Gasteiger partial charge in [-0.2, -0.15) is 0 Å². The molecule has 4 N–H and O–H groups in total. The Hall–Kier alpha value is -2.59. The summed E-state index contributed by atoms with van der Waals surface area (Å²) in [5.74, 6) is 0. The van der Waals surface area contributed by atoms with Crippen molar-refractivity contribution in [3.05, 3.63) is 84.1 Å². The number of rotatable bonds is 5. The molecule has 0 spiro atoms. The molecule has 2 aromatic carbocycles. The summed E-state index contributed by atoms with van der Waals surface area (Å²) < 4.78 is 0. The second-order valence-corrected chi connectivity index (χ2v) is 4.87. The number of hydrogen-bond acceptors (Lipinski definition) is 2. The highest BCUT2D eigenvalue weighted by Gasteiger charge is 2.06. The first kappa shape index (κ1) is 14.8. The van der Waals surface area contributed by atoms with Gasteiger partial charge in [-0.05, 0) is 29.4 Å². The van der Waals surface area contributed by atoms with Crippen molar-refractivity contribution < 1.29 is 0 Å². The predicted octanol–water partition coefficient (Wildman–Crippen LogP) is 3.08. The Kier molecular flexibility index (Phi) is 5.12. The standard InChI is InChI=1S/C17H17N3S/c1-13(19-20-17(18)21)16(15-10-6-3-7-11-15)12-14-8-4-2-5-9-14/h2-12,19H,1H2,(H3,18,20,21). The fraction of sp³-hybridized carbons (Fsp3) is 0. The van der Waals surface area contributed by atoms with Gasteiger partial charge in [-0.1, -0.05) is 67.2 Å². The highest BCUT2D eigenvalue weighted by Crippen LogP contribution is 2.22. The van der Waals surface area contributed by atoms with Crippen LogP contribution in [-0.4, -0.2) is 5.11 Å². The molecule has 0 radical (unpaired) electrons. The Balaban J connectivity index is 2.33. The number of hydrogen-bond donors (Lipinski definition) is 3. The van der Waals surface area contributed by atoms with E-state index in [9.17, 15) is 0 Å². The molecular weight excluding hydrogens is 278 g/mol. The van der Waals surface area contributed by atoms with E-state index in [1.54, 1.807) is 0 Å². The molecule has 0 amide bonds. The zero-order valence-electron chi connectivity index (χ0n) is 11.5. The molecule has 0 saturated carbocycles.